The van der Waals surface area contributed by atoms with Crippen molar-refractivity contribution in [2.75, 3.05) is 20.2 Å². The highest BCUT2D eigenvalue weighted by molar-refractivity contribution is 5.06. The van der Waals surface area contributed by atoms with E-state index in [1.807, 2.05) is 0 Å². The molecular weight excluding hydrogens is 222 g/mol. The predicted octanol–water partition coefficient (Wildman–Crippen LogP) is 3.56. The van der Waals surface area contributed by atoms with Crippen LogP contribution in [0.15, 0.2) is 0 Å². The summed E-state index contributed by atoms with van der Waals surface area (Å²) in [7, 11) is 2.26. The van der Waals surface area contributed by atoms with E-state index in [-0.39, 0.29) is 0 Å². The minimum absolute atomic E-state index is 0.365. The largest absolute Gasteiger partial charge is 0.377 e. The highest BCUT2D eigenvalue weighted by Gasteiger charge is 2.53. The lowest BCUT2D eigenvalue weighted by Crippen LogP contribution is -2.56. The monoisotopic (exact) mass is 253 g/mol. The van der Waals surface area contributed by atoms with Crippen molar-refractivity contribution in [2.24, 2.45) is 17.3 Å². The Morgan fingerprint density at radius 1 is 1.11 bits per heavy atom. The summed E-state index contributed by atoms with van der Waals surface area (Å²) in [5, 5.41) is 0. The predicted molar refractivity (Wildman–Crippen MR) is 76.7 cm³/mol. The van der Waals surface area contributed by atoms with Gasteiger partial charge in [-0.05, 0) is 63.8 Å². The van der Waals surface area contributed by atoms with Crippen molar-refractivity contribution in [1.82, 2.24) is 4.90 Å². The Bertz CT molecular complexity index is 260. The molecule has 0 unspecified atom stereocenters. The highest BCUT2D eigenvalue weighted by atomic mass is 16.5. The Hall–Kier alpha value is -0.0800. The first kappa shape index (κ1) is 14.3. The van der Waals surface area contributed by atoms with Gasteiger partial charge in [-0.1, -0.05) is 13.8 Å². The van der Waals surface area contributed by atoms with E-state index in [4.69, 9.17) is 4.74 Å². The summed E-state index contributed by atoms with van der Waals surface area (Å²) in [4.78, 5) is 2.51. The molecule has 18 heavy (non-hydrogen) atoms. The molecule has 2 nitrogen and oxygen atoms in total. The molecule has 0 aliphatic heterocycles. The molecule has 0 atom stereocenters. The van der Waals surface area contributed by atoms with E-state index in [0.29, 0.717) is 6.10 Å². The Kier molecular flexibility index (Phi) is 4.38. The fourth-order valence-corrected chi connectivity index (χ4v) is 3.72. The normalized spacial score (nSPS) is 35.3. The molecule has 0 aromatic carbocycles. The lowest BCUT2D eigenvalue weighted by molar-refractivity contribution is -0.0984. The fraction of sp³-hybridized carbons (Fsp3) is 1.00. The van der Waals surface area contributed by atoms with Gasteiger partial charge >= 0.3 is 0 Å². The molecule has 0 aromatic heterocycles. The zero-order valence-electron chi connectivity index (χ0n) is 12.9. The second kappa shape index (κ2) is 5.50. The van der Waals surface area contributed by atoms with Crippen molar-refractivity contribution in [3.8, 4) is 0 Å². The van der Waals surface area contributed by atoms with Gasteiger partial charge in [-0.3, -0.25) is 0 Å². The lowest BCUT2D eigenvalue weighted by Gasteiger charge is -2.60. The zero-order chi connectivity index (χ0) is 13.3. The maximum atomic E-state index is 5.63. The number of hydrogen-bond donors (Lipinski definition) is 0. The van der Waals surface area contributed by atoms with Gasteiger partial charge < -0.3 is 9.64 Å². The molecule has 0 saturated heterocycles. The third-order valence-corrected chi connectivity index (χ3v) is 5.19. The van der Waals surface area contributed by atoms with Crippen LogP contribution >= 0.6 is 0 Å². The van der Waals surface area contributed by atoms with E-state index in [2.05, 4.69) is 39.6 Å². The first-order valence-corrected chi connectivity index (χ1v) is 7.74. The molecule has 1 spiro atoms. The summed E-state index contributed by atoms with van der Waals surface area (Å²) in [5.41, 5.74) is 0.757. The molecular formula is C16H31NO. The third kappa shape index (κ3) is 3.08. The molecule has 0 radical (unpaired) electrons. The molecule has 2 saturated carbocycles. The summed E-state index contributed by atoms with van der Waals surface area (Å²) in [6.07, 6.45) is 6.24. The van der Waals surface area contributed by atoms with Gasteiger partial charge in [-0.25, -0.2) is 0 Å². The first-order chi connectivity index (χ1) is 8.42. The van der Waals surface area contributed by atoms with Crippen LogP contribution in [0.25, 0.3) is 0 Å². The average Bonchev–Trinajstić information content (AvgIpc) is 2.11. The van der Waals surface area contributed by atoms with Gasteiger partial charge in [0, 0.05) is 12.6 Å². The molecule has 0 heterocycles. The van der Waals surface area contributed by atoms with Crippen LogP contribution < -0.4 is 0 Å². The molecule has 0 amide bonds. The third-order valence-electron chi connectivity index (χ3n) is 5.19. The Morgan fingerprint density at radius 2 is 1.72 bits per heavy atom. The minimum atomic E-state index is 0.365. The highest BCUT2D eigenvalue weighted by Crippen LogP contribution is 2.61. The molecule has 106 valence electrons. The van der Waals surface area contributed by atoms with Crippen LogP contribution in [0.3, 0.4) is 0 Å². The fourth-order valence-electron chi connectivity index (χ4n) is 3.72. The minimum Gasteiger partial charge on any atom is -0.377 e. The van der Waals surface area contributed by atoms with Crippen LogP contribution in [0.1, 0.15) is 53.4 Å². The number of hydrogen-bond acceptors (Lipinski definition) is 2. The topological polar surface area (TPSA) is 12.5 Å². The van der Waals surface area contributed by atoms with Crippen LogP contribution in [0, 0.1) is 17.3 Å². The standard InChI is InChI=1S/C16H31NO/c1-12(2)14-8-16(9-14)10-15(11-16)17(5)6-7-18-13(3)4/h12-15H,6-11H2,1-5H3. The van der Waals surface area contributed by atoms with Crippen molar-refractivity contribution in [2.45, 2.75) is 65.5 Å². The molecule has 0 bridgehead atoms. The van der Waals surface area contributed by atoms with Crippen molar-refractivity contribution in [1.29, 1.82) is 0 Å². The van der Waals surface area contributed by atoms with Gasteiger partial charge in [0.05, 0.1) is 12.7 Å². The maximum absolute atomic E-state index is 5.63. The number of ether oxygens (including phenoxy) is 1. The van der Waals surface area contributed by atoms with E-state index < -0.39 is 0 Å². The number of rotatable bonds is 6. The Labute approximate surface area is 113 Å². The second-order valence-electron chi connectivity index (χ2n) is 7.37. The molecule has 0 N–H and O–H groups in total. The lowest BCUT2D eigenvalue weighted by atomic mass is 9.48. The van der Waals surface area contributed by atoms with Gasteiger partial charge in [0.25, 0.3) is 0 Å². The van der Waals surface area contributed by atoms with Gasteiger partial charge in [-0.2, -0.15) is 0 Å². The molecule has 2 rings (SSSR count). The smallest absolute Gasteiger partial charge is 0.0596 e. The number of likely N-dealkylation sites (N-methyl/N-ethyl adjacent to an activating group) is 1. The van der Waals surface area contributed by atoms with Gasteiger partial charge in [0.2, 0.25) is 0 Å². The van der Waals surface area contributed by atoms with Crippen LogP contribution in [0.5, 0.6) is 0 Å². The van der Waals surface area contributed by atoms with Gasteiger partial charge in [0.1, 0.15) is 0 Å². The van der Waals surface area contributed by atoms with Crippen LogP contribution in [-0.2, 0) is 4.74 Å². The van der Waals surface area contributed by atoms with E-state index in [0.717, 1.165) is 36.4 Å². The van der Waals surface area contributed by atoms with Gasteiger partial charge in [-0.15, -0.1) is 0 Å². The summed E-state index contributed by atoms with van der Waals surface area (Å²) in [6, 6.07) is 0.828. The Morgan fingerprint density at radius 3 is 2.22 bits per heavy atom. The average molecular weight is 253 g/mol. The molecule has 0 aromatic rings. The molecule has 2 fully saturated rings. The van der Waals surface area contributed by atoms with Crippen molar-refractivity contribution >= 4 is 0 Å². The molecule has 2 aliphatic carbocycles. The van der Waals surface area contributed by atoms with Crippen molar-refractivity contribution < 1.29 is 4.74 Å². The zero-order valence-corrected chi connectivity index (χ0v) is 12.9. The number of nitrogens with zero attached hydrogens (tertiary/aromatic N) is 1. The van der Waals surface area contributed by atoms with E-state index in [1.54, 1.807) is 0 Å². The van der Waals surface area contributed by atoms with Crippen LogP contribution in [-0.4, -0.2) is 37.2 Å². The summed E-state index contributed by atoms with van der Waals surface area (Å²) in [6.45, 7) is 10.9. The summed E-state index contributed by atoms with van der Waals surface area (Å²) >= 11 is 0. The first-order valence-electron chi connectivity index (χ1n) is 7.74. The Balaban J connectivity index is 1.61. The molecule has 2 heteroatoms. The quantitative estimate of drug-likeness (QED) is 0.717. The van der Waals surface area contributed by atoms with Crippen LogP contribution in [0.2, 0.25) is 0 Å². The van der Waals surface area contributed by atoms with Crippen molar-refractivity contribution in [3.63, 3.8) is 0 Å². The van der Waals surface area contributed by atoms with Gasteiger partial charge in [0.15, 0.2) is 0 Å². The SMILES string of the molecule is CC(C)OCCN(C)C1CC2(CC(C(C)C)C2)C1. The van der Waals surface area contributed by atoms with E-state index >= 15 is 0 Å². The second-order valence-corrected chi connectivity index (χ2v) is 7.37. The van der Waals surface area contributed by atoms with Crippen LogP contribution in [0.4, 0.5) is 0 Å². The maximum Gasteiger partial charge on any atom is 0.0596 e. The summed E-state index contributed by atoms with van der Waals surface area (Å²) in [5.74, 6) is 1.91. The van der Waals surface area contributed by atoms with E-state index in [9.17, 15) is 0 Å². The van der Waals surface area contributed by atoms with Crippen molar-refractivity contribution in [3.05, 3.63) is 0 Å². The molecule has 2 aliphatic rings. The summed E-state index contributed by atoms with van der Waals surface area (Å²) < 4.78 is 5.63. The van der Waals surface area contributed by atoms with E-state index in [1.165, 1.54) is 25.7 Å².